The monoisotopic (exact) mass is 346 g/mol. The highest BCUT2D eigenvalue weighted by Crippen LogP contribution is 2.22. The smallest absolute Gasteiger partial charge is 0.236 e. The molecule has 2 rings (SSSR count). The van der Waals surface area contributed by atoms with Crippen molar-refractivity contribution in [3.05, 3.63) is 70.8 Å². The van der Waals surface area contributed by atoms with E-state index in [1.165, 1.54) is 6.07 Å². The van der Waals surface area contributed by atoms with E-state index in [9.17, 15) is 13.6 Å². The molecule has 0 aliphatic rings. The van der Waals surface area contributed by atoms with E-state index in [1.807, 2.05) is 31.2 Å². The van der Waals surface area contributed by atoms with E-state index in [-0.39, 0.29) is 18.0 Å². The number of aryl methyl sites for hydroxylation is 1. The lowest BCUT2D eigenvalue weighted by Crippen LogP contribution is -2.37. The third-order valence-corrected chi connectivity index (χ3v) is 4.55. The maximum atomic E-state index is 13.9. The predicted molar refractivity (Wildman–Crippen MR) is 95.1 cm³/mol. The number of nitrogens with zero attached hydrogens (tertiary/aromatic N) is 2. The summed E-state index contributed by atoms with van der Waals surface area (Å²) in [6.45, 7) is 4.41. The molecule has 0 fully saturated rings. The van der Waals surface area contributed by atoms with E-state index < -0.39 is 17.7 Å². The fourth-order valence-corrected chi connectivity index (χ4v) is 2.67. The van der Waals surface area contributed by atoms with Crippen molar-refractivity contribution in [1.29, 1.82) is 0 Å². The summed E-state index contributed by atoms with van der Waals surface area (Å²) in [5.41, 5.74) is 2.47. The molecular formula is C20H24F2N2O. The minimum atomic E-state index is -0.486. The third-order valence-electron chi connectivity index (χ3n) is 4.55. The van der Waals surface area contributed by atoms with Crippen molar-refractivity contribution in [1.82, 2.24) is 9.80 Å². The van der Waals surface area contributed by atoms with Gasteiger partial charge in [-0.25, -0.2) is 8.78 Å². The van der Waals surface area contributed by atoms with Crippen molar-refractivity contribution >= 4 is 5.91 Å². The SMILES string of the molecule is Cc1ccccc1CN(C)C(=O)CN(C)[C@H](C)c1cc(F)ccc1F. The normalized spacial score (nSPS) is 12.3. The number of carbonyl (C=O) groups excluding carboxylic acids is 1. The fourth-order valence-electron chi connectivity index (χ4n) is 2.67. The van der Waals surface area contributed by atoms with Gasteiger partial charge < -0.3 is 4.90 Å². The first-order valence-electron chi connectivity index (χ1n) is 8.23. The van der Waals surface area contributed by atoms with Gasteiger partial charge in [0.2, 0.25) is 5.91 Å². The molecule has 0 unspecified atom stereocenters. The van der Waals surface area contributed by atoms with E-state index >= 15 is 0 Å². The van der Waals surface area contributed by atoms with Gasteiger partial charge in [-0.2, -0.15) is 0 Å². The van der Waals surface area contributed by atoms with Crippen LogP contribution >= 0.6 is 0 Å². The Labute approximate surface area is 147 Å². The van der Waals surface area contributed by atoms with Gasteiger partial charge in [-0.05, 0) is 50.2 Å². The topological polar surface area (TPSA) is 23.6 Å². The van der Waals surface area contributed by atoms with Gasteiger partial charge in [-0.3, -0.25) is 9.69 Å². The van der Waals surface area contributed by atoms with Crippen LogP contribution in [-0.2, 0) is 11.3 Å². The average molecular weight is 346 g/mol. The van der Waals surface area contributed by atoms with Crippen molar-refractivity contribution in [2.24, 2.45) is 0 Å². The van der Waals surface area contributed by atoms with Crippen molar-refractivity contribution in [2.75, 3.05) is 20.6 Å². The number of benzene rings is 2. The van der Waals surface area contributed by atoms with E-state index in [4.69, 9.17) is 0 Å². The zero-order valence-corrected chi connectivity index (χ0v) is 15.1. The van der Waals surface area contributed by atoms with Gasteiger partial charge in [-0.1, -0.05) is 24.3 Å². The van der Waals surface area contributed by atoms with Crippen LogP contribution in [0.25, 0.3) is 0 Å². The second-order valence-corrected chi connectivity index (χ2v) is 6.43. The quantitative estimate of drug-likeness (QED) is 0.791. The number of likely N-dealkylation sites (N-methyl/N-ethyl adjacent to an activating group) is 2. The zero-order chi connectivity index (χ0) is 18.6. The second-order valence-electron chi connectivity index (χ2n) is 6.43. The summed E-state index contributed by atoms with van der Waals surface area (Å²) >= 11 is 0. The molecule has 0 aliphatic heterocycles. The number of carbonyl (C=O) groups is 1. The molecule has 3 nitrogen and oxygen atoms in total. The van der Waals surface area contributed by atoms with Gasteiger partial charge in [0.25, 0.3) is 0 Å². The molecule has 0 N–H and O–H groups in total. The highest BCUT2D eigenvalue weighted by molar-refractivity contribution is 5.78. The van der Waals surface area contributed by atoms with Gasteiger partial charge in [-0.15, -0.1) is 0 Å². The molecule has 0 bridgehead atoms. The average Bonchev–Trinajstić information content (AvgIpc) is 2.58. The molecule has 0 aliphatic carbocycles. The standard InChI is InChI=1S/C20H24F2N2O/c1-14-7-5-6-8-16(14)12-24(4)20(25)13-23(3)15(2)18-11-17(21)9-10-19(18)22/h5-11,15H,12-13H2,1-4H3/t15-/m1/s1. The summed E-state index contributed by atoms with van der Waals surface area (Å²) in [6.07, 6.45) is 0. The largest absolute Gasteiger partial charge is 0.340 e. The second kappa shape index (κ2) is 8.21. The summed E-state index contributed by atoms with van der Waals surface area (Å²) < 4.78 is 27.3. The van der Waals surface area contributed by atoms with Crippen molar-refractivity contribution in [3.8, 4) is 0 Å². The number of rotatable bonds is 6. The molecule has 1 atom stereocenters. The number of hydrogen-bond donors (Lipinski definition) is 0. The molecule has 0 heterocycles. The predicted octanol–water partition coefficient (Wildman–Crippen LogP) is 3.92. The summed E-state index contributed by atoms with van der Waals surface area (Å²) in [4.78, 5) is 15.8. The van der Waals surface area contributed by atoms with E-state index in [1.54, 1.807) is 30.8 Å². The summed E-state index contributed by atoms with van der Waals surface area (Å²) in [5, 5.41) is 0. The van der Waals surface area contributed by atoms with Crippen LogP contribution in [0.4, 0.5) is 8.78 Å². The molecule has 0 saturated heterocycles. The molecule has 0 aromatic heterocycles. The van der Waals surface area contributed by atoms with Crippen LogP contribution < -0.4 is 0 Å². The maximum absolute atomic E-state index is 13.9. The third kappa shape index (κ3) is 4.86. The Morgan fingerprint density at radius 1 is 1.12 bits per heavy atom. The summed E-state index contributed by atoms with van der Waals surface area (Å²) in [7, 11) is 3.48. The van der Waals surface area contributed by atoms with E-state index in [0.717, 1.165) is 23.3 Å². The Bertz CT molecular complexity index is 748. The Morgan fingerprint density at radius 2 is 1.80 bits per heavy atom. The molecule has 2 aromatic rings. The molecular weight excluding hydrogens is 322 g/mol. The molecule has 25 heavy (non-hydrogen) atoms. The van der Waals surface area contributed by atoms with Crippen LogP contribution in [0.5, 0.6) is 0 Å². The molecule has 134 valence electrons. The first kappa shape index (κ1) is 19.1. The highest BCUT2D eigenvalue weighted by atomic mass is 19.1. The van der Waals surface area contributed by atoms with Crippen LogP contribution in [-0.4, -0.2) is 36.3 Å². The van der Waals surface area contributed by atoms with Crippen molar-refractivity contribution < 1.29 is 13.6 Å². The first-order valence-corrected chi connectivity index (χ1v) is 8.23. The molecule has 0 radical (unpaired) electrons. The van der Waals surface area contributed by atoms with Gasteiger partial charge in [0.1, 0.15) is 11.6 Å². The van der Waals surface area contributed by atoms with Crippen LogP contribution in [0.1, 0.15) is 29.7 Å². The van der Waals surface area contributed by atoms with Gasteiger partial charge >= 0.3 is 0 Å². The molecule has 5 heteroatoms. The minimum Gasteiger partial charge on any atom is -0.340 e. The van der Waals surface area contributed by atoms with Crippen LogP contribution in [0.15, 0.2) is 42.5 Å². The van der Waals surface area contributed by atoms with Gasteiger partial charge in [0.15, 0.2) is 0 Å². The Morgan fingerprint density at radius 3 is 2.48 bits per heavy atom. The lowest BCUT2D eigenvalue weighted by molar-refractivity contribution is -0.131. The molecule has 1 amide bonds. The lowest BCUT2D eigenvalue weighted by Gasteiger charge is -2.27. The zero-order valence-electron chi connectivity index (χ0n) is 15.1. The highest BCUT2D eigenvalue weighted by Gasteiger charge is 2.20. The van der Waals surface area contributed by atoms with Gasteiger partial charge in [0, 0.05) is 25.2 Å². The van der Waals surface area contributed by atoms with Crippen molar-refractivity contribution in [2.45, 2.75) is 26.4 Å². The minimum absolute atomic E-state index is 0.0746. The first-order chi connectivity index (χ1) is 11.8. The summed E-state index contributed by atoms with van der Waals surface area (Å²) in [6, 6.07) is 10.9. The maximum Gasteiger partial charge on any atom is 0.236 e. The Kier molecular flexibility index (Phi) is 6.26. The Balaban J connectivity index is 2.01. The number of amides is 1. The van der Waals surface area contributed by atoms with E-state index in [0.29, 0.717) is 6.54 Å². The molecule has 0 saturated carbocycles. The molecule has 2 aromatic carbocycles. The van der Waals surface area contributed by atoms with E-state index in [2.05, 4.69) is 0 Å². The number of halogens is 2. The summed E-state index contributed by atoms with van der Waals surface area (Å²) in [5.74, 6) is -1.03. The fraction of sp³-hybridized carbons (Fsp3) is 0.350. The van der Waals surface area contributed by atoms with Gasteiger partial charge in [0.05, 0.1) is 6.54 Å². The van der Waals surface area contributed by atoms with Crippen molar-refractivity contribution in [3.63, 3.8) is 0 Å². The van der Waals surface area contributed by atoms with Crippen LogP contribution in [0, 0.1) is 18.6 Å². The Hall–Kier alpha value is -2.27. The number of hydrogen-bond acceptors (Lipinski definition) is 2. The van der Waals surface area contributed by atoms with Crippen LogP contribution in [0.3, 0.4) is 0 Å². The van der Waals surface area contributed by atoms with Crippen LogP contribution in [0.2, 0.25) is 0 Å². The lowest BCUT2D eigenvalue weighted by atomic mass is 10.1. The molecule has 0 spiro atoms.